The summed E-state index contributed by atoms with van der Waals surface area (Å²) in [5.74, 6) is -0.0874. The Labute approximate surface area is 186 Å². The summed E-state index contributed by atoms with van der Waals surface area (Å²) in [6.07, 6.45) is 0.829. The summed E-state index contributed by atoms with van der Waals surface area (Å²) in [6, 6.07) is 4.00. The first-order valence-corrected chi connectivity index (χ1v) is 11.6. The maximum atomic E-state index is 13.4. The third kappa shape index (κ3) is 6.05. The van der Waals surface area contributed by atoms with Crippen LogP contribution in [0, 0.1) is 16.6 Å². The molecule has 1 aromatic rings. The van der Waals surface area contributed by atoms with Gasteiger partial charge in [0.05, 0.1) is 11.7 Å². The molecule has 0 bridgehead atoms. The molecule has 1 aromatic carbocycles. The molecule has 0 aromatic heterocycles. The van der Waals surface area contributed by atoms with Crippen LogP contribution in [-0.4, -0.2) is 46.0 Å². The van der Waals surface area contributed by atoms with Gasteiger partial charge in [0.25, 0.3) is 5.91 Å². The van der Waals surface area contributed by atoms with Crippen LogP contribution >= 0.6 is 8.73 Å². The van der Waals surface area contributed by atoms with E-state index in [4.69, 9.17) is 5.11 Å². The van der Waals surface area contributed by atoms with Gasteiger partial charge in [0.15, 0.2) is 0 Å². The Morgan fingerprint density at radius 1 is 1.23 bits per heavy atom. The van der Waals surface area contributed by atoms with E-state index >= 15 is 0 Å². The summed E-state index contributed by atoms with van der Waals surface area (Å²) in [6.45, 7) is 15.0. The number of carbonyl (C=O) groups is 1. The van der Waals surface area contributed by atoms with Gasteiger partial charge in [-0.25, -0.2) is 9.38 Å². The molecule has 1 amide bonds. The van der Waals surface area contributed by atoms with Crippen molar-refractivity contribution in [1.82, 2.24) is 9.99 Å². The number of amidine groups is 1. The standard InChI is InChI=1S/C21H29FN3O2P.C2H6O/c1-20(2,3)9-10-25-17(21(4,5)6)16(26)15(19(25)27)18-23-13-8-7-12(22)11-14(13)28-24-18;1-2-3/h7-8,11,17,26,28H,9-10H2,1-6H3,(H,23,24);3H,2H2,1H3. The van der Waals surface area contributed by atoms with Crippen molar-refractivity contribution < 1.29 is 19.4 Å². The summed E-state index contributed by atoms with van der Waals surface area (Å²) < 4.78 is 13.4. The molecule has 0 fully saturated rings. The maximum Gasteiger partial charge on any atom is 0.261 e. The number of nitrogens with one attached hydrogen (secondary N) is 1. The van der Waals surface area contributed by atoms with Crippen molar-refractivity contribution in [2.24, 2.45) is 15.8 Å². The van der Waals surface area contributed by atoms with Crippen molar-refractivity contribution in [3.8, 4) is 0 Å². The number of hydrogen-bond donors (Lipinski definition) is 3. The monoisotopic (exact) mass is 451 g/mol. The van der Waals surface area contributed by atoms with E-state index in [-0.39, 0.29) is 49.2 Å². The zero-order valence-electron chi connectivity index (χ0n) is 19.5. The minimum Gasteiger partial charge on any atom is -0.509 e. The first kappa shape index (κ1) is 25.3. The highest BCUT2D eigenvalue weighted by Crippen LogP contribution is 2.39. The molecule has 2 unspecified atom stereocenters. The lowest BCUT2D eigenvalue weighted by atomic mass is 9.84. The number of aliphatic imine (C=N–C) groups is 1. The van der Waals surface area contributed by atoms with Gasteiger partial charge in [-0.3, -0.25) is 4.79 Å². The molecule has 0 saturated carbocycles. The van der Waals surface area contributed by atoms with Crippen LogP contribution in [0.2, 0.25) is 0 Å². The summed E-state index contributed by atoms with van der Waals surface area (Å²) in [5.41, 5.74) is 0.614. The van der Waals surface area contributed by atoms with Gasteiger partial charge in [-0.2, -0.15) is 0 Å². The lowest BCUT2D eigenvalue weighted by molar-refractivity contribution is -0.128. The molecule has 2 aliphatic heterocycles. The summed E-state index contributed by atoms with van der Waals surface area (Å²) >= 11 is 0. The fourth-order valence-electron chi connectivity index (χ4n) is 3.54. The number of rotatable bonds is 3. The largest absolute Gasteiger partial charge is 0.509 e. The average Bonchev–Trinajstić information content (AvgIpc) is 2.89. The van der Waals surface area contributed by atoms with Crippen molar-refractivity contribution in [2.75, 3.05) is 13.2 Å². The van der Waals surface area contributed by atoms with Crippen molar-refractivity contribution in [1.29, 1.82) is 0 Å². The lowest BCUT2D eigenvalue weighted by Gasteiger charge is -2.36. The van der Waals surface area contributed by atoms with E-state index < -0.39 is 6.04 Å². The molecule has 0 aliphatic carbocycles. The van der Waals surface area contributed by atoms with Crippen LogP contribution in [0.1, 0.15) is 54.9 Å². The highest BCUT2D eigenvalue weighted by molar-refractivity contribution is 7.46. The number of halogens is 1. The Morgan fingerprint density at radius 2 is 1.84 bits per heavy atom. The lowest BCUT2D eigenvalue weighted by Crippen LogP contribution is -2.45. The molecule has 3 rings (SSSR count). The number of benzene rings is 1. The fraction of sp³-hybridized carbons (Fsp3) is 0.565. The second-order valence-electron chi connectivity index (χ2n) is 10.0. The van der Waals surface area contributed by atoms with Gasteiger partial charge >= 0.3 is 0 Å². The highest BCUT2D eigenvalue weighted by atomic mass is 31.1. The molecule has 2 heterocycles. The van der Waals surface area contributed by atoms with E-state index in [1.54, 1.807) is 17.9 Å². The van der Waals surface area contributed by atoms with E-state index in [9.17, 15) is 14.3 Å². The van der Waals surface area contributed by atoms with Gasteiger partial charge in [-0.15, -0.1) is 0 Å². The van der Waals surface area contributed by atoms with Gasteiger partial charge in [0, 0.05) is 27.2 Å². The molecule has 0 radical (unpaired) electrons. The first-order chi connectivity index (χ1) is 14.3. The van der Waals surface area contributed by atoms with E-state index in [1.165, 1.54) is 12.1 Å². The van der Waals surface area contributed by atoms with Gasteiger partial charge in [-0.1, -0.05) is 41.5 Å². The molecule has 0 spiro atoms. The molecule has 3 N–H and O–H groups in total. The molecular formula is C23H35FN3O3P. The smallest absolute Gasteiger partial charge is 0.261 e. The van der Waals surface area contributed by atoms with Gasteiger partial charge < -0.3 is 20.2 Å². The molecule has 0 saturated heterocycles. The first-order valence-electron chi connectivity index (χ1n) is 10.6. The number of fused-ring (bicyclic) bond motifs is 1. The Balaban J connectivity index is 0.00000107. The quantitative estimate of drug-likeness (QED) is 0.602. The van der Waals surface area contributed by atoms with Gasteiger partial charge in [0.1, 0.15) is 23.0 Å². The predicted molar refractivity (Wildman–Crippen MR) is 126 cm³/mol. The molecular weight excluding hydrogens is 416 g/mol. The van der Waals surface area contributed by atoms with Gasteiger partial charge in [0.2, 0.25) is 0 Å². The summed E-state index contributed by atoms with van der Waals surface area (Å²) in [7, 11) is 0.0815. The van der Waals surface area contributed by atoms with Crippen molar-refractivity contribution >= 4 is 31.5 Å². The molecule has 8 heteroatoms. The van der Waals surface area contributed by atoms with E-state index in [2.05, 4.69) is 30.9 Å². The minimum atomic E-state index is -0.403. The Bertz CT molecular complexity index is 885. The van der Waals surface area contributed by atoms with Crippen LogP contribution in [0.15, 0.2) is 34.5 Å². The van der Waals surface area contributed by atoms with Crippen LogP contribution < -0.4 is 10.4 Å². The van der Waals surface area contributed by atoms with Crippen LogP contribution in [0.5, 0.6) is 0 Å². The number of hydrogen-bond acceptors (Lipinski definition) is 5. The SMILES string of the molecule is CC(C)(C)CCN1C(=O)C(C2=Nc3ccc(F)cc3PN2)=C(O)C1C(C)(C)C.CCO. The van der Waals surface area contributed by atoms with Crippen molar-refractivity contribution in [3.05, 3.63) is 35.3 Å². The number of aliphatic hydroxyl groups excluding tert-OH is 2. The van der Waals surface area contributed by atoms with E-state index in [1.807, 2.05) is 20.8 Å². The van der Waals surface area contributed by atoms with Crippen LogP contribution in [-0.2, 0) is 4.79 Å². The predicted octanol–water partition coefficient (Wildman–Crippen LogP) is 4.18. The number of amides is 1. The highest BCUT2D eigenvalue weighted by Gasteiger charge is 2.47. The third-order valence-corrected chi connectivity index (χ3v) is 6.00. The van der Waals surface area contributed by atoms with E-state index in [0.29, 0.717) is 18.1 Å². The number of aliphatic hydroxyl groups is 2. The van der Waals surface area contributed by atoms with Crippen LogP contribution in [0.25, 0.3) is 0 Å². The van der Waals surface area contributed by atoms with Gasteiger partial charge in [-0.05, 0) is 42.4 Å². The average molecular weight is 452 g/mol. The summed E-state index contributed by atoms with van der Waals surface area (Å²) in [5, 5.41) is 22.5. The molecule has 6 nitrogen and oxygen atoms in total. The zero-order chi connectivity index (χ0) is 23.6. The van der Waals surface area contributed by atoms with Crippen molar-refractivity contribution in [3.63, 3.8) is 0 Å². The Kier molecular flexibility index (Phi) is 7.88. The maximum absolute atomic E-state index is 13.4. The zero-order valence-corrected chi connectivity index (χ0v) is 20.5. The Hall–Kier alpha value is -1.98. The Morgan fingerprint density at radius 3 is 2.39 bits per heavy atom. The number of nitrogens with zero attached hydrogens (tertiary/aromatic N) is 2. The molecule has 2 atom stereocenters. The summed E-state index contributed by atoms with van der Waals surface area (Å²) in [4.78, 5) is 19.6. The fourth-order valence-corrected chi connectivity index (χ4v) is 4.45. The van der Waals surface area contributed by atoms with Crippen LogP contribution in [0.4, 0.5) is 10.1 Å². The topological polar surface area (TPSA) is 85.2 Å². The minimum absolute atomic E-state index is 0.0630. The molecule has 2 aliphatic rings. The second kappa shape index (κ2) is 9.66. The van der Waals surface area contributed by atoms with Crippen LogP contribution in [0.3, 0.4) is 0 Å². The van der Waals surface area contributed by atoms with E-state index in [0.717, 1.165) is 11.7 Å². The second-order valence-corrected chi connectivity index (χ2v) is 11.1. The number of carbonyl (C=O) groups excluding carboxylic acids is 1. The van der Waals surface area contributed by atoms with Crippen molar-refractivity contribution in [2.45, 2.75) is 60.9 Å². The third-order valence-electron chi connectivity index (χ3n) is 4.97. The molecule has 31 heavy (non-hydrogen) atoms. The molecule has 172 valence electrons. The normalized spacial score (nSPS) is 19.6.